The molecular weight excluding hydrogens is 220 g/mol. The minimum atomic E-state index is -0.374. The van der Waals surface area contributed by atoms with Crippen LogP contribution in [0.25, 0.3) is 11.1 Å². The summed E-state index contributed by atoms with van der Waals surface area (Å²) >= 11 is 0. The van der Waals surface area contributed by atoms with Crippen LogP contribution in [0, 0.1) is 0 Å². The fraction of sp³-hybridized carbons (Fsp3) is 0.273. The van der Waals surface area contributed by atoms with Gasteiger partial charge in [0.05, 0.1) is 5.69 Å². The normalized spacial score (nSPS) is 12.5. The first-order valence-electron chi connectivity index (χ1n) is 5.26. The molecule has 0 spiro atoms. The summed E-state index contributed by atoms with van der Waals surface area (Å²) in [4.78, 5) is 14.9. The average molecular weight is 234 g/mol. The number of oxazole rings is 1. The van der Waals surface area contributed by atoms with Crippen LogP contribution in [0.2, 0.25) is 0 Å². The van der Waals surface area contributed by atoms with Crippen molar-refractivity contribution < 1.29 is 9.21 Å². The van der Waals surface area contributed by atoms with Crippen LogP contribution in [0.3, 0.4) is 0 Å². The number of amides is 1. The Morgan fingerprint density at radius 3 is 3.00 bits per heavy atom. The SMILES string of the molecule is CC(CC(N)=O)Nc1nc2c(N)cccc2o1. The number of carbonyl (C=O) groups excluding carboxylic acids is 1. The van der Waals surface area contributed by atoms with Crippen molar-refractivity contribution in [1.82, 2.24) is 4.98 Å². The first-order valence-corrected chi connectivity index (χ1v) is 5.26. The van der Waals surface area contributed by atoms with Gasteiger partial charge in [-0.25, -0.2) is 0 Å². The third-order valence-corrected chi connectivity index (χ3v) is 2.33. The first-order chi connectivity index (χ1) is 8.06. The average Bonchev–Trinajstić information content (AvgIpc) is 2.60. The maximum atomic E-state index is 10.7. The van der Waals surface area contributed by atoms with Gasteiger partial charge in [-0.3, -0.25) is 4.79 Å². The van der Waals surface area contributed by atoms with Gasteiger partial charge in [0, 0.05) is 12.5 Å². The summed E-state index contributed by atoms with van der Waals surface area (Å²) in [6.45, 7) is 1.82. The van der Waals surface area contributed by atoms with Crippen LogP contribution in [0.1, 0.15) is 13.3 Å². The van der Waals surface area contributed by atoms with Gasteiger partial charge in [-0.2, -0.15) is 4.98 Å². The number of aromatic nitrogens is 1. The van der Waals surface area contributed by atoms with Gasteiger partial charge in [-0.15, -0.1) is 0 Å². The fourth-order valence-electron chi connectivity index (χ4n) is 1.60. The van der Waals surface area contributed by atoms with Crippen LogP contribution in [0.15, 0.2) is 22.6 Å². The van der Waals surface area contributed by atoms with Crippen molar-refractivity contribution in [3.63, 3.8) is 0 Å². The van der Waals surface area contributed by atoms with Gasteiger partial charge in [0.1, 0.15) is 5.52 Å². The topological polar surface area (TPSA) is 107 Å². The Morgan fingerprint density at radius 2 is 2.35 bits per heavy atom. The number of nitrogens with two attached hydrogens (primary N) is 2. The summed E-state index contributed by atoms with van der Waals surface area (Å²) in [7, 11) is 0. The van der Waals surface area contributed by atoms with E-state index in [-0.39, 0.29) is 18.4 Å². The molecule has 17 heavy (non-hydrogen) atoms. The minimum absolute atomic E-state index is 0.137. The number of carbonyl (C=O) groups is 1. The Morgan fingerprint density at radius 1 is 1.59 bits per heavy atom. The van der Waals surface area contributed by atoms with Crippen molar-refractivity contribution in [2.75, 3.05) is 11.1 Å². The third-order valence-electron chi connectivity index (χ3n) is 2.33. The molecular formula is C11H14N4O2. The van der Waals surface area contributed by atoms with Crippen molar-refractivity contribution in [3.8, 4) is 0 Å². The maximum Gasteiger partial charge on any atom is 0.295 e. The predicted octanol–water partition coefficient (Wildman–Crippen LogP) is 1.09. The van der Waals surface area contributed by atoms with E-state index in [1.54, 1.807) is 18.2 Å². The number of nitrogens with zero attached hydrogens (tertiary/aromatic N) is 1. The van der Waals surface area contributed by atoms with Crippen LogP contribution >= 0.6 is 0 Å². The lowest BCUT2D eigenvalue weighted by atomic mass is 10.2. The number of benzene rings is 1. The van der Waals surface area contributed by atoms with E-state index in [0.717, 1.165) is 0 Å². The summed E-state index contributed by atoms with van der Waals surface area (Å²) < 4.78 is 5.45. The summed E-state index contributed by atoms with van der Waals surface area (Å²) in [5.41, 5.74) is 12.6. The standard InChI is InChI=1S/C11H14N4O2/c1-6(5-9(13)16)14-11-15-10-7(12)3-2-4-8(10)17-11/h2-4,6H,5,12H2,1H3,(H2,13,16)(H,14,15). The molecule has 0 saturated heterocycles. The molecule has 0 radical (unpaired) electrons. The van der Waals surface area contributed by atoms with Crippen LogP contribution in [-0.4, -0.2) is 16.9 Å². The molecule has 1 unspecified atom stereocenters. The molecule has 1 heterocycles. The lowest BCUT2D eigenvalue weighted by molar-refractivity contribution is -0.118. The Bertz CT molecular complexity index is 549. The van der Waals surface area contributed by atoms with Gasteiger partial charge in [-0.1, -0.05) is 6.07 Å². The highest BCUT2D eigenvalue weighted by atomic mass is 16.4. The number of hydrogen-bond acceptors (Lipinski definition) is 5. The Kier molecular flexibility index (Phi) is 2.86. The lowest BCUT2D eigenvalue weighted by Gasteiger charge is -2.08. The van der Waals surface area contributed by atoms with E-state index in [1.165, 1.54) is 0 Å². The summed E-state index contributed by atoms with van der Waals surface area (Å²) in [6, 6.07) is 5.53. The second-order valence-corrected chi connectivity index (χ2v) is 3.93. The highest BCUT2D eigenvalue weighted by Crippen LogP contribution is 2.23. The maximum absolute atomic E-state index is 10.7. The number of nitrogen functional groups attached to an aromatic ring is 1. The molecule has 90 valence electrons. The van der Waals surface area contributed by atoms with E-state index in [9.17, 15) is 4.79 Å². The van der Waals surface area contributed by atoms with Crippen molar-refractivity contribution in [1.29, 1.82) is 0 Å². The molecule has 0 aliphatic heterocycles. The summed E-state index contributed by atoms with van der Waals surface area (Å²) in [5, 5.41) is 2.96. The molecule has 6 nitrogen and oxygen atoms in total. The predicted molar refractivity (Wildman–Crippen MR) is 65.3 cm³/mol. The van der Waals surface area contributed by atoms with E-state index >= 15 is 0 Å². The van der Waals surface area contributed by atoms with Crippen LogP contribution in [-0.2, 0) is 4.79 Å². The molecule has 6 heteroatoms. The number of nitrogens with one attached hydrogen (secondary N) is 1. The second-order valence-electron chi connectivity index (χ2n) is 3.93. The number of fused-ring (bicyclic) bond motifs is 1. The molecule has 2 aromatic rings. The zero-order valence-corrected chi connectivity index (χ0v) is 9.43. The number of primary amides is 1. The minimum Gasteiger partial charge on any atom is -0.423 e. The van der Waals surface area contributed by atoms with E-state index in [0.29, 0.717) is 22.8 Å². The third kappa shape index (κ3) is 2.47. The number of rotatable bonds is 4. The molecule has 0 aliphatic rings. The molecule has 0 aliphatic carbocycles. The molecule has 1 amide bonds. The zero-order valence-electron chi connectivity index (χ0n) is 9.43. The van der Waals surface area contributed by atoms with Crippen LogP contribution in [0.5, 0.6) is 0 Å². The molecule has 2 rings (SSSR count). The van der Waals surface area contributed by atoms with Crippen molar-refractivity contribution in [2.24, 2.45) is 5.73 Å². The first kappa shape index (κ1) is 11.3. The van der Waals surface area contributed by atoms with E-state index in [2.05, 4.69) is 10.3 Å². The molecule has 1 aromatic heterocycles. The lowest BCUT2D eigenvalue weighted by Crippen LogP contribution is -2.24. The molecule has 1 atom stereocenters. The van der Waals surface area contributed by atoms with Gasteiger partial charge in [0.25, 0.3) is 6.01 Å². The number of para-hydroxylation sites is 1. The van der Waals surface area contributed by atoms with Crippen LogP contribution in [0.4, 0.5) is 11.7 Å². The van der Waals surface area contributed by atoms with Crippen LogP contribution < -0.4 is 16.8 Å². The molecule has 1 aromatic carbocycles. The van der Waals surface area contributed by atoms with Gasteiger partial charge in [0.15, 0.2) is 5.58 Å². The molecule has 5 N–H and O–H groups in total. The molecule has 0 fully saturated rings. The van der Waals surface area contributed by atoms with Crippen molar-refractivity contribution in [3.05, 3.63) is 18.2 Å². The van der Waals surface area contributed by atoms with E-state index < -0.39 is 0 Å². The fourth-order valence-corrected chi connectivity index (χ4v) is 1.60. The Balaban J connectivity index is 2.20. The monoisotopic (exact) mass is 234 g/mol. The van der Waals surface area contributed by atoms with E-state index in [4.69, 9.17) is 15.9 Å². The summed E-state index contributed by atoms with van der Waals surface area (Å²) in [6.07, 6.45) is 0.216. The van der Waals surface area contributed by atoms with Gasteiger partial charge >= 0.3 is 0 Å². The number of anilines is 2. The Hall–Kier alpha value is -2.24. The largest absolute Gasteiger partial charge is 0.423 e. The zero-order chi connectivity index (χ0) is 12.4. The number of hydrogen-bond donors (Lipinski definition) is 3. The van der Waals surface area contributed by atoms with Gasteiger partial charge in [0.2, 0.25) is 5.91 Å². The van der Waals surface area contributed by atoms with Gasteiger partial charge in [-0.05, 0) is 19.1 Å². The second kappa shape index (κ2) is 4.32. The van der Waals surface area contributed by atoms with Gasteiger partial charge < -0.3 is 21.2 Å². The smallest absolute Gasteiger partial charge is 0.295 e. The highest BCUT2D eigenvalue weighted by Gasteiger charge is 2.11. The quantitative estimate of drug-likeness (QED) is 0.686. The Labute approximate surface area is 98.0 Å². The summed E-state index contributed by atoms with van der Waals surface area (Å²) in [5.74, 6) is -0.374. The van der Waals surface area contributed by atoms with Crippen molar-refractivity contribution >= 4 is 28.7 Å². The molecule has 0 bridgehead atoms. The molecule has 0 saturated carbocycles. The van der Waals surface area contributed by atoms with Crippen molar-refractivity contribution in [2.45, 2.75) is 19.4 Å². The van der Waals surface area contributed by atoms with E-state index in [1.807, 2.05) is 6.92 Å². The highest BCUT2D eigenvalue weighted by molar-refractivity contribution is 5.86.